The second-order valence-corrected chi connectivity index (χ2v) is 4.23. The van der Waals surface area contributed by atoms with Crippen LogP contribution in [0.4, 0.5) is 8.78 Å². The third kappa shape index (κ3) is 3.37. The Labute approximate surface area is 105 Å². The van der Waals surface area contributed by atoms with E-state index in [0.29, 0.717) is 18.4 Å². The van der Waals surface area contributed by atoms with Crippen LogP contribution in [-0.4, -0.2) is 5.11 Å². The fourth-order valence-electron chi connectivity index (χ4n) is 1.81. The van der Waals surface area contributed by atoms with Gasteiger partial charge in [-0.15, -0.1) is 0 Å². The molecule has 0 amide bonds. The summed E-state index contributed by atoms with van der Waals surface area (Å²) in [6.45, 7) is 0. The molecule has 2 aromatic rings. The third-order valence-electron chi connectivity index (χ3n) is 2.87. The van der Waals surface area contributed by atoms with Crippen LogP contribution in [0.2, 0.25) is 0 Å². The van der Waals surface area contributed by atoms with Gasteiger partial charge in [0.05, 0.1) is 6.10 Å². The van der Waals surface area contributed by atoms with Gasteiger partial charge in [0, 0.05) is 0 Å². The molecular weight excluding hydrogens is 234 g/mol. The summed E-state index contributed by atoms with van der Waals surface area (Å²) in [4.78, 5) is 0. The predicted molar refractivity (Wildman–Crippen MR) is 66.1 cm³/mol. The summed E-state index contributed by atoms with van der Waals surface area (Å²) in [7, 11) is 0. The first kappa shape index (κ1) is 12.7. The van der Waals surface area contributed by atoms with E-state index in [2.05, 4.69) is 0 Å². The SMILES string of the molecule is O[C@@H](CCc1ccc(F)cc1)c1ccc(F)cc1. The van der Waals surface area contributed by atoms with Crippen LogP contribution in [0.15, 0.2) is 48.5 Å². The number of benzene rings is 2. The van der Waals surface area contributed by atoms with Crippen LogP contribution in [0.5, 0.6) is 0 Å². The minimum atomic E-state index is -0.629. The summed E-state index contributed by atoms with van der Waals surface area (Å²) in [5.74, 6) is -0.581. The van der Waals surface area contributed by atoms with Crippen LogP contribution in [0, 0.1) is 11.6 Å². The Balaban J connectivity index is 1.93. The molecule has 0 aliphatic heterocycles. The smallest absolute Gasteiger partial charge is 0.123 e. The van der Waals surface area contributed by atoms with Crippen LogP contribution in [0.25, 0.3) is 0 Å². The fourth-order valence-corrected chi connectivity index (χ4v) is 1.81. The molecule has 0 aliphatic carbocycles. The standard InChI is InChI=1S/C15H14F2O/c16-13-6-1-11(2-7-13)3-10-15(18)12-4-8-14(17)9-5-12/h1-2,4-9,15,18H,3,10H2/t15-/m0/s1. The van der Waals surface area contributed by atoms with Crippen molar-refractivity contribution in [1.29, 1.82) is 0 Å². The first-order chi connectivity index (χ1) is 8.65. The molecule has 0 bridgehead atoms. The van der Waals surface area contributed by atoms with Crippen molar-refractivity contribution in [1.82, 2.24) is 0 Å². The molecule has 2 aromatic carbocycles. The zero-order chi connectivity index (χ0) is 13.0. The lowest BCUT2D eigenvalue weighted by atomic mass is 10.0. The first-order valence-electron chi connectivity index (χ1n) is 5.83. The molecule has 0 radical (unpaired) electrons. The maximum absolute atomic E-state index is 12.7. The van der Waals surface area contributed by atoms with Gasteiger partial charge in [0.25, 0.3) is 0 Å². The van der Waals surface area contributed by atoms with Gasteiger partial charge in [-0.1, -0.05) is 24.3 Å². The molecule has 1 nitrogen and oxygen atoms in total. The molecule has 0 spiro atoms. The molecular formula is C15H14F2O. The van der Waals surface area contributed by atoms with E-state index in [9.17, 15) is 13.9 Å². The Morgan fingerprint density at radius 2 is 1.33 bits per heavy atom. The number of hydrogen-bond donors (Lipinski definition) is 1. The van der Waals surface area contributed by atoms with Gasteiger partial charge in [-0.25, -0.2) is 8.78 Å². The number of aliphatic hydroxyl groups is 1. The molecule has 0 aromatic heterocycles. The second kappa shape index (κ2) is 5.74. The van der Waals surface area contributed by atoms with Crippen molar-refractivity contribution in [3.05, 3.63) is 71.3 Å². The number of halogens is 2. The van der Waals surface area contributed by atoms with Gasteiger partial charge in [0.15, 0.2) is 0 Å². The minimum absolute atomic E-state index is 0.266. The highest BCUT2D eigenvalue weighted by Gasteiger charge is 2.07. The number of aryl methyl sites for hydroxylation is 1. The average molecular weight is 248 g/mol. The van der Waals surface area contributed by atoms with Crippen LogP contribution < -0.4 is 0 Å². The lowest BCUT2D eigenvalue weighted by Crippen LogP contribution is -1.99. The van der Waals surface area contributed by atoms with Crippen molar-refractivity contribution in [2.75, 3.05) is 0 Å². The quantitative estimate of drug-likeness (QED) is 0.876. The zero-order valence-corrected chi connectivity index (χ0v) is 9.81. The van der Waals surface area contributed by atoms with Crippen molar-refractivity contribution in [3.8, 4) is 0 Å². The summed E-state index contributed by atoms with van der Waals surface area (Å²) in [5, 5.41) is 9.93. The molecule has 2 rings (SSSR count). The lowest BCUT2D eigenvalue weighted by molar-refractivity contribution is 0.167. The van der Waals surface area contributed by atoms with Gasteiger partial charge in [0.1, 0.15) is 11.6 Å². The van der Waals surface area contributed by atoms with E-state index in [1.807, 2.05) is 0 Å². The molecule has 0 unspecified atom stereocenters. The Kier molecular flexibility index (Phi) is 4.05. The number of aliphatic hydroxyl groups excluding tert-OH is 1. The van der Waals surface area contributed by atoms with Gasteiger partial charge in [-0.3, -0.25) is 0 Å². The van der Waals surface area contributed by atoms with E-state index >= 15 is 0 Å². The average Bonchev–Trinajstić information content (AvgIpc) is 2.38. The number of rotatable bonds is 4. The lowest BCUT2D eigenvalue weighted by Gasteiger charge is -2.10. The van der Waals surface area contributed by atoms with Crippen LogP contribution >= 0.6 is 0 Å². The Bertz CT molecular complexity index is 491. The molecule has 0 saturated carbocycles. The molecule has 0 aliphatic rings. The Hall–Kier alpha value is -1.74. The largest absolute Gasteiger partial charge is 0.388 e. The molecule has 94 valence electrons. The fraction of sp³-hybridized carbons (Fsp3) is 0.200. The van der Waals surface area contributed by atoms with Crippen molar-refractivity contribution < 1.29 is 13.9 Å². The van der Waals surface area contributed by atoms with E-state index in [1.54, 1.807) is 24.3 Å². The van der Waals surface area contributed by atoms with E-state index in [1.165, 1.54) is 24.3 Å². The van der Waals surface area contributed by atoms with Crippen LogP contribution in [-0.2, 0) is 6.42 Å². The van der Waals surface area contributed by atoms with Gasteiger partial charge in [-0.05, 0) is 48.2 Å². The normalized spacial score (nSPS) is 12.4. The zero-order valence-electron chi connectivity index (χ0n) is 9.81. The number of hydrogen-bond acceptors (Lipinski definition) is 1. The molecule has 1 N–H and O–H groups in total. The monoisotopic (exact) mass is 248 g/mol. The minimum Gasteiger partial charge on any atom is -0.388 e. The summed E-state index contributed by atoms with van der Waals surface area (Å²) in [5.41, 5.74) is 1.66. The highest BCUT2D eigenvalue weighted by atomic mass is 19.1. The topological polar surface area (TPSA) is 20.2 Å². The van der Waals surface area contributed by atoms with Gasteiger partial charge in [0.2, 0.25) is 0 Å². The van der Waals surface area contributed by atoms with E-state index < -0.39 is 6.10 Å². The molecule has 3 heteroatoms. The van der Waals surface area contributed by atoms with Gasteiger partial charge in [-0.2, -0.15) is 0 Å². The third-order valence-corrected chi connectivity index (χ3v) is 2.87. The van der Waals surface area contributed by atoms with Crippen LogP contribution in [0.3, 0.4) is 0 Å². The molecule has 0 saturated heterocycles. The summed E-state index contributed by atoms with van der Waals surface area (Å²) in [6.07, 6.45) is 0.548. The maximum Gasteiger partial charge on any atom is 0.123 e. The highest BCUT2D eigenvalue weighted by molar-refractivity contribution is 5.20. The predicted octanol–water partition coefficient (Wildman–Crippen LogP) is 3.63. The summed E-state index contributed by atoms with van der Waals surface area (Å²) >= 11 is 0. The van der Waals surface area contributed by atoms with E-state index in [4.69, 9.17) is 0 Å². The molecule has 0 fully saturated rings. The van der Waals surface area contributed by atoms with Crippen LogP contribution in [0.1, 0.15) is 23.7 Å². The first-order valence-corrected chi connectivity index (χ1v) is 5.83. The molecule has 18 heavy (non-hydrogen) atoms. The molecule has 1 atom stereocenters. The summed E-state index contributed by atoms with van der Waals surface area (Å²) in [6, 6.07) is 12.0. The maximum atomic E-state index is 12.7. The molecule has 0 heterocycles. The van der Waals surface area contributed by atoms with Crippen molar-refractivity contribution >= 4 is 0 Å². The van der Waals surface area contributed by atoms with E-state index in [0.717, 1.165) is 5.56 Å². The van der Waals surface area contributed by atoms with Crippen molar-refractivity contribution in [2.24, 2.45) is 0 Å². The van der Waals surface area contributed by atoms with Crippen molar-refractivity contribution in [2.45, 2.75) is 18.9 Å². The Morgan fingerprint density at radius 3 is 1.89 bits per heavy atom. The second-order valence-electron chi connectivity index (χ2n) is 4.23. The van der Waals surface area contributed by atoms with Gasteiger partial charge < -0.3 is 5.11 Å². The van der Waals surface area contributed by atoms with Crippen molar-refractivity contribution in [3.63, 3.8) is 0 Å². The summed E-state index contributed by atoms with van der Waals surface area (Å²) < 4.78 is 25.4. The Morgan fingerprint density at radius 1 is 0.833 bits per heavy atom. The van der Waals surface area contributed by atoms with E-state index in [-0.39, 0.29) is 11.6 Å². The highest BCUT2D eigenvalue weighted by Crippen LogP contribution is 2.19. The van der Waals surface area contributed by atoms with Gasteiger partial charge >= 0.3 is 0 Å².